The first-order valence-corrected chi connectivity index (χ1v) is 0. The molecule has 8 N–H and O–H groups in total. The van der Waals surface area contributed by atoms with Gasteiger partial charge in [0.1, 0.15) is 0 Å². The molecule has 0 fully saturated rings. The van der Waals surface area contributed by atoms with E-state index >= 15 is 0 Å². The van der Waals surface area contributed by atoms with Crippen LogP contribution < -0.4 is 0 Å². The van der Waals surface area contributed by atoms with Gasteiger partial charge in [0.2, 0.25) is 0 Å². The Morgan fingerprint density at radius 3 is 0.400 bits per heavy atom. The van der Waals surface area contributed by atoms with Crippen LogP contribution in [0.3, 0.4) is 0 Å². The molecule has 0 spiro atoms. The molecule has 40 valence electrons. The summed E-state index contributed by atoms with van der Waals surface area (Å²) in [7, 11) is 0. The molecule has 5 heteroatoms. The maximum absolute atomic E-state index is 0. The topological polar surface area (TPSA) is 126 Å². The summed E-state index contributed by atoms with van der Waals surface area (Å²) in [6.07, 6.45) is 0. The quantitative estimate of drug-likeness (QED) is 0.274. The second-order valence-corrected chi connectivity index (χ2v) is 0. The van der Waals surface area contributed by atoms with Crippen molar-refractivity contribution in [3.05, 3.63) is 0 Å². The van der Waals surface area contributed by atoms with Gasteiger partial charge in [-0.3, -0.25) is 0 Å². The number of rotatable bonds is 0. The van der Waals surface area contributed by atoms with Gasteiger partial charge < -0.3 is 21.9 Å². The second-order valence-electron chi connectivity index (χ2n) is 0. The number of hydrogen-bond donors (Lipinski definition) is 0. The van der Waals surface area contributed by atoms with E-state index in [9.17, 15) is 0 Å². The molecule has 4 nitrogen and oxygen atoms in total. The first-order valence-electron chi connectivity index (χ1n) is 0. The fourth-order valence-electron chi connectivity index (χ4n) is 0. The van der Waals surface area contributed by atoms with E-state index in [1.165, 1.54) is 0 Å². The van der Waals surface area contributed by atoms with Gasteiger partial charge in [-0.1, -0.05) is 0 Å². The molecular weight excluding hydrogens is 92.1 g/mol. The largest absolute Gasteiger partial charge is 0.412 e. The Kier molecular flexibility index (Phi) is 60300000. The number of hydrogen-bond acceptors (Lipinski definition) is 0. The predicted molar refractivity (Wildman–Crippen MR) is 25.8 cm³/mol. The molecule has 0 aliphatic heterocycles. The van der Waals surface area contributed by atoms with Gasteiger partial charge in [-0.05, 0) is 11.0 Å². The van der Waals surface area contributed by atoms with Crippen LogP contribution in [0.1, 0.15) is 0 Å². The highest BCUT2D eigenvalue weighted by Crippen LogP contribution is -0.286. The summed E-state index contributed by atoms with van der Waals surface area (Å²) in [4.78, 5) is 0. The van der Waals surface area contributed by atoms with E-state index < -0.39 is 0 Å². The van der Waals surface area contributed by atoms with Crippen LogP contribution in [0, 0.1) is 0 Å². The fourth-order valence-corrected chi connectivity index (χ4v) is 0. The van der Waals surface area contributed by atoms with Gasteiger partial charge in [-0.25, -0.2) is 0 Å². The average molecular weight is 104 g/mol. The van der Waals surface area contributed by atoms with Crippen molar-refractivity contribution in [2.75, 3.05) is 0 Å². The van der Waals surface area contributed by atoms with Crippen molar-refractivity contribution < 1.29 is 21.9 Å². The zero-order valence-electron chi connectivity index (χ0n) is 2.00. The molecule has 0 saturated heterocycles. The second kappa shape index (κ2) is 11700. The molecule has 0 amide bonds. The molecule has 0 heterocycles. The zero-order valence-corrected chi connectivity index (χ0v) is 2.00. The summed E-state index contributed by atoms with van der Waals surface area (Å²) in [6.45, 7) is 0. The summed E-state index contributed by atoms with van der Waals surface area (Å²) in [5.41, 5.74) is 0. The monoisotopic (exact) mass is 104 g/mol. The van der Waals surface area contributed by atoms with Crippen molar-refractivity contribution in [1.29, 1.82) is 0 Å². The molecule has 0 aliphatic carbocycles. The molecule has 0 saturated carbocycles. The summed E-state index contributed by atoms with van der Waals surface area (Å²) >= 11 is 0. The molecule has 0 radical (unpaired) electrons. The first kappa shape index (κ1) is 25700. The molecule has 0 aromatic carbocycles. The van der Waals surface area contributed by atoms with Gasteiger partial charge in [0.25, 0.3) is 0 Å². The van der Waals surface area contributed by atoms with Crippen molar-refractivity contribution in [1.82, 2.24) is 0 Å². The third-order valence-electron chi connectivity index (χ3n) is 0. The third-order valence-corrected chi connectivity index (χ3v) is 0. The first-order chi connectivity index (χ1) is 0. The van der Waals surface area contributed by atoms with E-state index in [1.54, 1.807) is 0 Å². The predicted octanol–water partition coefficient (Wildman–Crippen LogP) is -4.75. The summed E-state index contributed by atoms with van der Waals surface area (Å²) in [5, 5.41) is 0. The Morgan fingerprint density at radius 1 is 0.400 bits per heavy atom. The molecule has 0 bridgehead atoms. The molecule has 0 unspecified atom stereocenters. The minimum absolute atomic E-state index is 0. The van der Waals surface area contributed by atoms with E-state index in [0.29, 0.717) is 0 Å². The third kappa shape index (κ3) is 5300. The van der Waals surface area contributed by atoms with Crippen molar-refractivity contribution in [2.45, 2.75) is 0 Å². The Bertz CT molecular complexity index is 3.61. The minimum Gasteiger partial charge on any atom is -0.412 e. The van der Waals surface area contributed by atoms with Gasteiger partial charge in [0.15, 0.2) is 0 Å². The molecule has 0 aromatic heterocycles. The zero-order chi connectivity index (χ0) is 0. The highest BCUT2D eigenvalue weighted by molar-refractivity contribution is 5.75. The Morgan fingerprint density at radius 2 is 0.400 bits per heavy atom. The summed E-state index contributed by atoms with van der Waals surface area (Å²) < 4.78 is 0. The summed E-state index contributed by atoms with van der Waals surface area (Å²) in [5.74, 6) is 0. The smallest absolute Gasteiger partial charge is 0.0149 e. The van der Waals surface area contributed by atoms with Gasteiger partial charge >= 0.3 is 0 Å². The Hall–Kier alpha value is 0.0569. The van der Waals surface area contributed by atoms with Crippen LogP contribution >= 0.6 is 0 Å². The van der Waals surface area contributed by atoms with Gasteiger partial charge in [0.05, 0.1) is 0 Å². The van der Waals surface area contributed by atoms with Crippen LogP contribution in [-0.4, -0.2) is 32.9 Å². The van der Waals surface area contributed by atoms with Crippen molar-refractivity contribution in [3.63, 3.8) is 0 Å². The minimum atomic E-state index is 0. The van der Waals surface area contributed by atoms with E-state index in [1.807, 2.05) is 0 Å². The lowest BCUT2D eigenvalue weighted by Gasteiger charge is -0.413. The molecule has 0 atom stereocenters. The lowest BCUT2D eigenvalue weighted by Crippen LogP contribution is -0.381. The standard InChI is InChI=1S/4H2O.H4Si/h4*1H2;1H4. The molecular formula is H12O4Si. The van der Waals surface area contributed by atoms with Crippen LogP contribution in [0.15, 0.2) is 0 Å². The van der Waals surface area contributed by atoms with Crippen molar-refractivity contribution in [3.8, 4) is 0 Å². The average Bonchev–Trinajstić information content (AvgIpc) is 0. The highest BCUT2D eigenvalue weighted by atomic mass is 28.1. The van der Waals surface area contributed by atoms with Crippen molar-refractivity contribution >= 4 is 11.0 Å². The van der Waals surface area contributed by atoms with E-state index in [-0.39, 0.29) is 32.9 Å². The SMILES string of the molecule is O.O.O.O.[SiH4]. The maximum atomic E-state index is 0. The lowest BCUT2D eigenvalue weighted by molar-refractivity contribution is 0.823. The maximum Gasteiger partial charge on any atom is -0.0149 e. The summed E-state index contributed by atoms with van der Waals surface area (Å²) in [6, 6.07) is 0. The molecule has 0 rings (SSSR count). The van der Waals surface area contributed by atoms with E-state index in [0.717, 1.165) is 0 Å². The van der Waals surface area contributed by atoms with Crippen LogP contribution in [0.5, 0.6) is 0 Å². The van der Waals surface area contributed by atoms with Crippen molar-refractivity contribution in [2.24, 2.45) is 0 Å². The normalized spacial score (nSPS) is 0. The van der Waals surface area contributed by atoms with Gasteiger partial charge in [0, 0.05) is 0 Å². The van der Waals surface area contributed by atoms with Crippen LogP contribution in [0.25, 0.3) is 0 Å². The Balaban J connectivity index is 0. The van der Waals surface area contributed by atoms with Gasteiger partial charge in [-0.15, -0.1) is 0 Å². The Labute approximate surface area is 34.1 Å². The van der Waals surface area contributed by atoms with Crippen LogP contribution in [0.2, 0.25) is 0 Å². The van der Waals surface area contributed by atoms with Crippen LogP contribution in [0.4, 0.5) is 0 Å². The molecule has 5 heavy (non-hydrogen) atoms. The fraction of sp³-hybridized carbons (Fsp3) is 0. The van der Waals surface area contributed by atoms with E-state index in [4.69, 9.17) is 0 Å². The lowest BCUT2D eigenvalue weighted by atomic mass is 16.0. The van der Waals surface area contributed by atoms with Crippen LogP contribution in [-0.2, 0) is 0 Å². The highest BCUT2D eigenvalue weighted by Gasteiger charge is -0.0148. The van der Waals surface area contributed by atoms with Gasteiger partial charge in [-0.2, -0.15) is 0 Å². The molecule has 0 aromatic rings. The van der Waals surface area contributed by atoms with E-state index in [2.05, 4.69) is 0 Å². The molecule has 0 aliphatic rings.